The molecule has 0 saturated carbocycles. The summed E-state index contributed by atoms with van der Waals surface area (Å²) in [5.41, 5.74) is 0.326. The Morgan fingerprint density at radius 2 is 2.06 bits per heavy atom. The van der Waals surface area contributed by atoms with Gasteiger partial charge in [-0.2, -0.15) is 0 Å². The SMILES string of the molecule is CC(C)(C)[S@@+]([O-])N=Cc1cc(Br)ccc1F. The average molecular weight is 306 g/mol. The van der Waals surface area contributed by atoms with E-state index in [0.29, 0.717) is 5.56 Å². The van der Waals surface area contributed by atoms with E-state index in [0.717, 1.165) is 4.47 Å². The number of nitrogens with zero attached hydrogens (tertiary/aromatic N) is 1. The number of benzene rings is 1. The van der Waals surface area contributed by atoms with Crippen LogP contribution in [0, 0.1) is 5.82 Å². The van der Waals surface area contributed by atoms with Crippen LogP contribution in [-0.4, -0.2) is 15.5 Å². The lowest BCUT2D eigenvalue weighted by Gasteiger charge is -2.17. The zero-order chi connectivity index (χ0) is 12.3. The van der Waals surface area contributed by atoms with E-state index in [1.54, 1.807) is 12.1 Å². The molecule has 0 fully saturated rings. The van der Waals surface area contributed by atoms with Gasteiger partial charge in [0.15, 0.2) is 0 Å². The number of hydrogen-bond donors (Lipinski definition) is 0. The maximum absolute atomic E-state index is 13.3. The average Bonchev–Trinajstić information content (AvgIpc) is 2.17. The summed E-state index contributed by atoms with van der Waals surface area (Å²) in [6.07, 6.45) is 1.31. The highest BCUT2D eigenvalue weighted by Gasteiger charge is 2.25. The van der Waals surface area contributed by atoms with Gasteiger partial charge in [-0.25, -0.2) is 4.39 Å². The minimum Gasteiger partial charge on any atom is -0.591 e. The molecule has 0 heterocycles. The van der Waals surface area contributed by atoms with Crippen LogP contribution in [0.5, 0.6) is 0 Å². The Morgan fingerprint density at radius 1 is 1.44 bits per heavy atom. The standard InChI is InChI=1S/C11H13BrFNOS/c1-11(2,3)16(15)14-7-8-6-9(12)4-5-10(8)13/h4-7H,1-3H3/t16-/m1/s1. The molecule has 0 saturated heterocycles. The van der Waals surface area contributed by atoms with Crippen molar-refractivity contribution in [3.8, 4) is 0 Å². The van der Waals surface area contributed by atoms with E-state index in [9.17, 15) is 8.94 Å². The van der Waals surface area contributed by atoms with Crippen molar-refractivity contribution in [2.75, 3.05) is 0 Å². The Bertz CT molecular complexity index is 403. The molecule has 88 valence electrons. The summed E-state index contributed by atoms with van der Waals surface area (Å²) in [4.78, 5) is 0. The lowest BCUT2D eigenvalue weighted by atomic mass is 10.2. The van der Waals surface area contributed by atoms with Crippen molar-refractivity contribution in [2.45, 2.75) is 25.5 Å². The van der Waals surface area contributed by atoms with E-state index < -0.39 is 16.1 Å². The lowest BCUT2D eigenvalue weighted by molar-refractivity contribution is 0.561. The summed E-state index contributed by atoms with van der Waals surface area (Å²) in [7, 11) is 0. The van der Waals surface area contributed by atoms with Crippen molar-refractivity contribution < 1.29 is 8.94 Å². The molecule has 0 aliphatic heterocycles. The fourth-order valence-electron chi connectivity index (χ4n) is 0.876. The first kappa shape index (κ1) is 13.7. The van der Waals surface area contributed by atoms with Crippen molar-refractivity contribution >= 4 is 33.5 Å². The first-order chi connectivity index (χ1) is 7.30. The van der Waals surface area contributed by atoms with E-state index >= 15 is 0 Å². The maximum atomic E-state index is 13.3. The number of halogens is 2. The molecule has 0 radical (unpaired) electrons. The van der Waals surface area contributed by atoms with Crippen LogP contribution < -0.4 is 0 Å². The Balaban J connectivity index is 2.88. The topological polar surface area (TPSA) is 35.4 Å². The molecule has 1 rings (SSSR count). The van der Waals surface area contributed by atoms with Crippen LogP contribution in [0.25, 0.3) is 0 Å². The molecule has 0 unspecified atom stereocenters. The van der Waals surface area contributed by atoms with Gasteiger partial charge in [0.05, 0.1) is 6.21 Å². The third kappa shape index (κ3) is 3.88. The zero-order valence-electron chi connectivity index (χ0n) is 9.33. The third-order valence-corrected chi connectivity index (χ3v) is 3.61. The fraction of sp³-hybridized carbons (Fsp3) is 0.364. The van der Waals surface area contributed by atoms with E-state index in [4.69, 9.17) is 0 Å². The molecule has 16 heavy (non-hydrogen) atoms. The monoisotopic (exact) mass is 305 g/mol. The molecular formula is C11H13BrFNOS. The minimum atomic E-state index is -1.37. The molecule has 0 amide bonds. The third-order valence-electron chi connectivity index (χ3n) is 1.77. The largest absolute Gasteiger partial charge is 0.591 e. The second-order valence-corrected chi connectivity index (χ2v) is 7.11. The van der Waals surface area contributed by atoms with Crippen LogP contribution >= 0.6 is 15.9 Å². The zero-order valence-corrected chi connectivity index (χ0v) is 11.7. The predicted octanol–water partition coefficient (Wildman–Crippen LogP) is 3.47. The van der Waals surface area contributed by atoms with E-state index in [-0.39, 0.29) is 5.82 Å². The second-order valence-electron chi connectivity index (χ2n) is 4.26. The first-order valence-corrected chi connectivity index (χ1v) is 6.62. The molecule has 0 aromatic heterocycles. The summed E-state index contributed by atoms with van der Waals surface area (Å²) in [6, 6.07) is 4.54. The second kappa shape index (κ2) is 5.29. The van der Waals surface area contributed by atoms with Crippen LogP contribution in [0.3, 0.4) is 0 Å². The summed E-state index contributed by atoms with van der Waals surface area (Å²) >= 11 is 1.87. The first-order valence-electron chi connectivity index (χ1n) is 4.72. The van der Waals surface area contributed by atoms with Crippen LogP contribution in [0.2, 0.25) is 0 Å². The summed E-state index contributed by atoms with van der Waals surface area (Å²) in [5, 5.41) is 0. The Morgan fingerprint density at radius 3 is 2.62 bits per heavy atom. The molecular weight excluding hydrogens is 293 g/mol. The summed E-state index contributed by atoms with van der Waals surface area (Å²) in [5.74, 6) is -0.377. The molecule has 0 N–H and O–H groups in total. The van der Waals surface area contributed by atoms with Crippen molar-refractivity contribution in [1.29, 1.82) is 0 Å². The quantitative estimate of drug-likeness (QED) is 0.608. The number of rotatable bonds is 2. The van der Waals surface area contributed by atoms with Gasteiger partial charge in [-0.15, -0.1) is 0 Å². The summed E-state index contributed by atoms with van der Waals surface area (Å²) in [6.45, 7) is 5.45. The van der Waals surface area contributed by atoms with Gasteiger partial charge in [0.25, 0.3) is 0 Å². The van der Waals surface area contributed by atoms with Crippen molar-refractivity contribution in [1.82, 2.24) is 0 Å². The Labute approximate surface area is 106 Å². The van der Waals surface area contributed by atoms with Crippen molar-refractivity contribution in [3.05, 3.63) is 34.1 Å². The van der Waals surface area contributed by atoms with E-state index in [2.05, 4.69) is 20.3 Å². The maximum Gasteiger partial charge on any atom is 0.144 e. The van der Waals surface area contributed by atoms with E-state index in [1.807, 2.05) is 20.8 Å². The highest BCUT2D eigenvalue weighted by atomic mass is 79.9. The molecule has 1 atom stereocenters. The van der Waals surface area contributed by atoms with Gasteiger partial charge in [-0.3, -0.25) is 0 Å². The molecule has 0 spiro atoms. The fourth-order valence-corrected chi connectivity index (χ4v) is 1.78. The van der Waals surface area contributed by atoms with Gasteiger partial charge in [-0.1, -0.05) is 20.3 Å². The van der Waals surface area contributed by atoms with Crippen LogP contribution in [0.1, 0.15) is 26.3 Å². The summed E-state index contributed by atoms with van der Waals surface area (Å²) < 4.78 is 29.1. The molecule has 1 aromatic carbocycles. The van der Waals surface area contributed by atoms with Gasteiger partial charge >= 0.3 is 0 Å². The van der Waals surface area contributed by atoms with Crippen molar-refractivity contribution in [2.24, 2.45) is 4.40 Å². The van der Waals surface area contributed by atoms with E-state index in [1.165, 1.54) is 12.3 Å². The molecule has 1 aromatic rings. The van der Waals surface area contributed by atoms with Gasteiger partial charge in [-0.05, 0) is 39.0 Å². The molecule has 0 aliphatic rings. The highest BCUT2D eigenvalue weighted by molar-refractivity contribution is 9.10. The molecule has 0 aliphatic carbocycles. The highest BCUT2D eigenvalue weighted by Crippen LogP contribution is 2.18. The van der Waals surface area contributed by atoms with Crippen LogP contribution in [0.15, 0.2) is 27.1 Å². The molecule has 2 nitrogen and oxygen atoms in total. The molecule has 0 bridgehead atoms. The molecule has 5 heteroatoms. The van der Waals surface area contributed by atoms with Gasteiger partial charge in [0, 0.05) is 10.0 Å². The Kier molecular flexibility index (Phi) is 4.52. The van der Waals surface area contributed by atoms with Gasteiger partial charge < -0.3 is 4.55 Å². The Hall–Kier alpha value is -0.390. The van der Waals surface area contributed by atoms with Crippen molar-refractivity contribution in [3.63, 3.8) is 0 Å². The van der Waals surface area contributed by atoms with Crippen LogP contribution in [-0.2, 0) is 11.4 Å². The van der Waals surface area contributed by atoms with Gasteiger partial charge in [0.1, 0.15) is 21.9 Å². The van der Waals surface area contributed by atoms with Gasteiger partial charge in [0.2, 0.25) is 0 Å². The lowest BCUT2D eigenvalue weighted by Crippen LogP contribution is -2.25. The predicted molar refractivity (Wildman–Crippen MR) is 69.6 cm³/mol. The minimum absolute atomic E-state index is 0.326. The normalized spacial score (nSPS) is 14.4. The smallest absolute Gasteiger partial charge is 0.144 e. The number of hydrogen-bond acceptors (Lipinski definition) is 2. The van der Waals surface area contributed by atoms with Crippen LogP contribution in [0.4, 0.5) is 4.39 Å².